The Morgan fingerprint density at radius 3 is 2.74 bits per heavy atom. The number of pyridine rings is 1. The molecule has 1 aliphatic heterocycles. The minimum atomic E-state index is -1.03. The van der Waals surface area contributed by atoms with Gasteiger partial charge in [0, 0.05) is 47.2 Å². The van der Waals surface area contributed by atoms with E-state index in [1.165, 1.54) is 6.08 Å². The molecule has 0 amide bonds. The van der Waals surface area contributed by atoms with Gasteiger partial charge in [0.1, 0.15) is 11.6 Å². The second-order valence-electron chi connectivity index (χ2n) is 8.35. The minimum Gasteiger partial charge on any atom is -0.478 e. The Kier molecular flexibility index (Phi) is 7.21. The molecule has 178 valence electrons. The summed E-state index contributed by atoms with van der Waals surface area (Å²) in [7, 11) is 0. The zero-order valence-electron chi connectivity index (χ0n) is 19.7. The summed E-state index contributed by atoms with van der Waals surface area (Å²) in [5, 5.41) is 13.8. The number of carboxylic acid groups (broad SMARTS) is 1. The van der Waals surface area contributed by atoms with Crippen LogP contribution in [0.4, 0.5) is 17.6 Å². The van der Waals surface area contributed by atoms with E-state index in [0.717, 1.165) is 64.9 Å². The average Bonchev–Trinajstić information content (AvgIpc) is 2.82. The first kappa shape index (κ1) is 23.8. The molecule has 1 atom stereocenters. The van der Waals surface area contributed by atoms with Crippen molar-refractivity contribution in [1.29, 1.82) is 0 Å². The highest BCUT2D eigenvalue weighted by Crippen LogP contribution is 2.35. The van der Waals surface area contributed by atoms with Crippen LogP contribution < -0.4 is 16.0 Å². The Hall–Kier alpha value is -3.33. The van der Waals surface area contributed by atoms with E-state index in [1.54, 1.807) is 6.92 Å². The summed E-state index contributed by atoms with van der Waals surface area (Å²) < 4.78 is 0. The van der Waals surface area contributed by atoms with Crippen molar-refractivity contribution in [3.8, 4) is 0 Å². The zero-order valence-corrected chi connectivity index (χ0v) is 20.5. The number of thioether (sulfide) groups is 1. The molecule has 3 aromatic rings. The predicted octanol–water partition coefficient (Wildman–Crippen LogP) is 4.44. The molecule has 1 saturated heterocycles. The van der Waals surface area contributed by atoms with E-state index in [0.29, 0.717) is 17.1 Å². The van der Waals surface area contributed by atoms with Gasteiger partial charge in [0.2, 0.25) is 5.95 Å². The van der Waals surface area contributed by atoms with Gasteiger partial charge in [-0.05, 0) is 38.0 Å². The van der Waals surface area contributed by atoms with E-state index < -0.39 is 5.97 Å². The van der Waals surface area contributed by atoms with Crippen LogP contribution in [0.1, 0.15) is 41.8 Å². The molecule has 1 fully saturated rings. The van der Waals surface area contributed by atoms with Crippen LogP contribution in [0.25, 0.3) is 17.0 Å². The molecule has 3 heterocycles. The van der Waals surface area contributed by atoms with Crippen LogP contribution in [-0.2, 0) is 4.79 Å². The fraction of sp³-hybridized carbons (Fsp3) is 0.360. The molecule has 9 heteroatoms. The van der Waals surface area contributed by atoms with Gasteiger partial charge in [0.05, 0.1) is 17.3 Å². The summed E-state index contributed by atoms with van der Waals surface area (Å²) >= 11 is 1.96. The van der Waals surface area contributed by atoms with Crippen molar-refractivity contribution in [2.75, 3.05) is 40.5 Å². The highest BCUT2D eigenvalue weighted by molar-refractivity contribution is 7.99. The van der Waals surface area contributed by atoms with Gasteiger partial charge in [0.25, 0.3) is 0 Å². The molecular formula is C25H30N6O2S. The topological polar surface area (TPSA) is 117 Å². The van der Waals surface area contributed by atoms with Crippen molar-refractivity contribution in [3.05, 3.63) is 52.7 Å². The van der Waals surface area contributed by atoms with Gasteiger partial charge in [-0.25, -0.2) is 14.8 Å². The molecule has 0 spiro atoms. The molecule has 0 saturated carbocycles. The molecular weight excluding hydrogens is 448 g/mol. The van der Waals surface area contributed by atoms with Gasteiger partial charge in [-0.15, -0.1) is 0 Å². The Morgan fingerprint density at radius 2 is 2.03 bits per heavy atom. The summed E-state index contributed by atoms with van der Waals surface area (Å²) in [5.41, 5.74) is 10.4. The third kappa shape index (κ3) is 5.09. The average molecular weight is 479 g/mol. The highest BCUT2D eigenvalue weighted by atomic mass is 32.2. The smallest absolute Gasteiger partial charge is 0.328 e. The summed E-state index contributed by atoms with van der Waals surface area (Å²) in [4.78, 5) is 27.3. The van der Waals surface area contributed by atoms with Crippen molar-refractivity contribution in [1.82, 2.24) is 15.0 Å². The van der Waals surface area contributed by atoms with E-state index in [9.17, 15) is 4.79 Å². The number of anilines is 3. The largest absolute Gasteiger partial charge is 0.478 e. The fourth-order valence-corrected chi connectivity index (χ4v) is 5.17. The standard InChI is InChI=1S/C25H30N6O2S/c1-4-20(28-23-18(8-9-21(32)33)16(3)27-25(26)30-23)19-14-17-7-5-6-15(2)22(17)29-24(19)31-10-12-34-13-11-31/h5-9,14,20H,4,10-13H2,1-3H3,(H,32,33)(H3,26,27,28,30)/b9-8+. The van der Waals surface area contributed by atoms with Crippen LogP contribution in [0.15, 0.2) is 30.3 Å². The quantitative estimate of drug-likeness (QED) is 0.424. The molecule has 1 aromatic carbocycles. The van der Waals surface area contributed by atoms with E-state index in [-0.39, 0.29) is 12.0 Å². The lowest BCUT2D eigenvalue weighted by atomic mass is 10.00. The molecule has 0 aliphatic carbocycles. The SMILES string of the molecule is CCC(Nc1nc(N)nc(C)c1/C=C/C(=O)O)c1cc2cccc(C)c2nc1N1CCSCC1. The number of nitrogen functional groups attached to an aromatic ring is 1. The van der Waals surface area contributed by atoms with E-state index in [2.05, 4.69) is 58.3 Å². The van der Waals surface area contributed by atoms with Crippen molar-refractivity contribution in [2.24, 2.45) is 0 Å². The molecule has 4 N–H and O–H groups in total. The maximum Gasteiger partial charge on any atom is 0.328 e. The summed E-state index contributed by atoms with van der Waals surface area (Å²) in [6.07, 6.45) is 3.38. The maximum atomic E-state index is 11.1. The van der Waals surface area contributed by atoms with Crippen LogP contribution in [0.3, 0.4) is 0 Å². The van der Waals surface area contributed by atoms with Gasteiger partial charge in [-0.2, -0.15) is 16.7 Å². The molecule has 1 aliphatic rings. The molecule has 0 bridgehead atoms. The number of aryl methyl sites for hydroxylation is 2. The molecule has 34 heavy (non-hydrogen) atoms. The van der Waals surface area contributed by atoms with Gasteiger partial charge in [-0.1, -0.05) is 25.1 Å². The summed E-state index contributed by atoms with van der Waals surface area (Å²) in [6, 6.07) is 8.35. The second kappa shape index (κ2) is 10.3. The maximum absolute atomic E-state index is 11.1. The van der Waals surface area contributed by atoms with Crippen LogP contribution in [0.5, 0.6) is 0 Å². The number of hydrogen-bond donors (Lipinski definition) is 3. The zero-order chi connectivity index (χ0) is 24.2. The van der Waals surface area contributed by atoms with Crippen LogP contribution in [0, 0.1) is 13.8 Å². The number of hydrogen-bond acceptors (Lipinski definition) is 8. The first-order valence-electron chi connectivity index (χ1n) is 11.4. The van der Waals surface area contributed by atoms with Crippen molar-refractivity contribution >= 4 is 52.3 Å². The van der Waals surface area contributed by atoms with E-state index in [1.807, 2.05) is 11.8 Å². The van der Waals surface area contributed by atoms with Crippen molar-refractivity contribution < 1.29 is 9.90 Å². The number of nitrogens with one attached hydrogen (secondary N) is 1. The number of nitrogens with two attached hydrogens (primary N) is 1. The van der Waals surface area contributed by atoms with Gasteiger partial charge in [0.15, 0.2) is 0 Å². The molecule has 8 nitrogen and oxygen atoms in total. The molecule has 2 aromatic heterocycles. The third-order valence-corrected chi connectivity index (χ3v) is 6.95. The Balaban J connectivity index is 1.82. The van der Waals surface area contributed by atoms with Crippen LogP contribution in [0.2, 0.25) is 0 Å². The number of carboxylic acids is 1. The monoisotopic (exact) mass is 478 g/mol. The van der Waals surface area contributed by atoms with Crippen molar-refractivity contribution in [3.63, 3.8) is 0 Å². The molecule has 0 radical (unpaired) electrons. The lowest BCUT2D eigenvalue weighted by Gasteiger charge is -2.32. The minimum absolute atomic E-state index is 0.104. The Morgan fingerprint density at radius 1 is 1.26 bits per heavy atom. The predicted molar refractivity (Wildman–Crippen MR) is 141 cm³/mol. The lowest BCUT2D eigenvalue weighted by Crippen LogP contribution is -2.34. The second-order valence-corrected chi connectivity index (χ2v) is 9.58. The Labute approximate surface area is 203 Å². The molecule has 4 rings (SSSR count). The number of nitrogens with zero attached hydrogens (tertiary/aromatic N) is 4. The number of fused-ring (bicyclic) bond motifs is 1. The fourth-order valence-electron chi connectivity index (χ4n) is 4.27. The van der Waals surface area contributed by atoms with Gasteiger partial charge < -0.3 is 21.1 Å². The number of rotatable bonds is 7. The summed E-state index contributed by atoms with van der Waals surface area (Å²) in [5.74, 6) is 2.75. The number of para-hydroxylation sites is 1. The van der Waals surface area contributed by atoms with E-state index in [4.69, 9.17) is 15.8 Å². The van der Waals surface area contributed by atoms with Crippen LogP contribution >= 0.6 is 11.8 Å². The van der Waals surface area contributed by atoms with Crippen LogP contribution in [-0.4, -0.2) is 50.6 Å². The normalized spacial score (nSPS) is 15.1. The van der Waals surface area contributed by atoms with E-state index >= 15 is 0 Å². The number of aliphatic carboxylic acids is 1. The third-order valence-electron chi connectivity index (χ3n) is 6.01. The number of aromatic nitrogens is 3. The lowest BCUT2D eigenvalue weighted by molar-refractivity contribution is -0.131. The van der Waals surface area contributed by atoms with Gasteiger partial charge in [-0.3, -0.25) is 0 Å². The number of benzene rings is 1. The number of carbonyl (C=O) groups is 1. The first-order valence-corrected chi connectivity index (χ1v) is 12.6. The first-order chi connectivity index (χ1) is 16.4. The highest BCUT2D eigenvalue weighted by Gasteiger charge is 2.24. The molecule has 1 unspecified atom stereocenters. The van der Waals surface area contributed by atoms with Crippen molar-refractivity contribution in [2.45, 2.75) is 33.2 Å². The van der Waals surface area contributed by atoms with Gasteiger partial charge >= 0.3 is 5.97 Å². The summed E-state index contributed by atoms with van der Waals surface area (Å²) in [6.45, 7) is 7.89. The Bertz CT molecular complexity index is 1240.